The summed E-state index contributed by atoms with van der Waals surface area (Å²) in [4.78, 5) is 4.94. The van der Waals surface area contributed by atoms with Crippen LogP contribution in [0.25, 0.3) is 22.4 Å². The number of ether oxygens (including phenoxy) is 1. The molecule has 0 amide bonds. The molecule has 0 saturated heterocycles. The van der Waals surface area contributed by atoms with Gasteiger partial charge in [0.1, 0.15) is 11.6 Å². The fraction of sp³-hybridized carbons (Fsp3) is 0.269. The molecule has 0 radical (unpaired) electrons. The highest BCUT2D eigenvalue weighted by Gasteiger charge is 2.14. The molecule has 29 heavy (non-hydrogen) atoms. The molecule has 0 aliphatic carbocycles. The van der Waals surface area contributed by atoms with Crippen molar-refractivity contribution in [2.45, 2.75) is 39.7 Å². The number of fused-ring (bicyclic) bond motifs is 1. The van der Waals surface area contributed by atoms with Crippen molar-refractivity contribution in [3.05, 3.63) is 83.9 Å². The maximum Gasteiger partial charge on any atom is 0.141 e. The third kappa shape index (κ3) is 4.04. The van der Waals surface area contributed by atoms with Crippen LogP contribution in [0.1, 0.15) is 37.3 Å². The first-order chi connectivity index (χ1) is 14.1. The van der Waals surface area contributed by atoms with E-state index < -0.39 is 0 Å². The molecule has 4 rings (SSSR count). The summed E-state index contributed by atoms with van der Waals surface area (Å²) in [5.41, 5.74) is 5.91. The number of nitrogens with zero attached hydrogens (tertiary/aromatic N) is 2. The minimum atomic E-state index is 0.455. The molecule has 148 valence electrons. The molecule has 3 heteroatoms. The average Bonchev–Trinajstić information content (AvgIpc) is 3.10. The van der Waals surface area contributed by atoms with Crippen molar-refractivity contribution < 1.29 is 4.74 Å². The number of aryl methyl sites for hydroxylation is 2. The molecule has 3 nitrogen and oxygen atoms in total. The monoisotopic (exact) mass is 384 g/mol. The average molecular weight is 385 g/mol. The van der Waals surface area contributed by atoms with Crippen LogP contribution in [-0.2, 0) is 6.54 Å². The second-order valence-electron chi connectivity index (χ2n) is 7.79. The number of imidazole rings is 1. The summed E-state index contributed by atoms with van der Waals surface area (Å²) in [6.07, 6.45) is 0.922. The molecule has 0 saturated carbocycles. The Morgan fingerprint density at radius 1 is 0.897 bits per heavy atom. The maximum atomic E-state index is 6.14. The molecule has 1 aromatic heterocycles. The molecule has 0 unspecified atom stereocenters. The van der Waals surface area contributed by atoms with Crippen LogP contribution in [0.5, 0.6) is 5.75 Å². The normalized spacial score (nSPS) is 11.3. The minimum Gasteiger partial charge on any atom is -0.493 e. The fourth-order valence-corrected chi connectivity index (χ4v) is 3.82. The van der Waals surface area contributed by atoms with Crippen LogP contribution in [0.2, 0.25) is 0 Å². The van der Waals surface area contributed by atoms with Gasteiger partial charge in [-0.2, -0.15) is 0 Å². The molecule has 0 atom stereocenters. The zero-order valence-electron chi connectivity index (χ0n) is 17.4. The van der Waals surface area contributed by atoms with Crippen molar-refractivity contribution in [3.63, 3.8) is 0 Å². The Balaban J connectivity index is 1.56. The summed E-state index contributed by atoms with van der Waals surface area (Å²) in [6.45, 7) is 8.10. The Bertz CT molecular complexity index is 1110. The van der Waals surface area contributed by atoms with Gasteiger partial charge in [0.15, 0.2) is 0 Å². The topological polar surface area (TPSA) is 27.1 Å². The highest BCUT2D eigenvalue weighted by atomic mass is 16.5. The molecule has 4 aromatic rings. The molecule has 0 aliphatic rings. The van der Waals surface area contributed by atoms with E-state index in [1.807, 2.05) is 12.1 Å². The van der Waals surface area contributed by atoms with E-state index in [0.717, 1.165) is 30.1 Å². The Kier molecular flexibility index (Phi) is 5.66. The predicted molar refractivity (Wildman–Crippen MR) is 121 cm³/mol. The number of para-hydroxylation sites is 3. The van der Waals surface area contributed by atoms with Crippen LogP contribution in [0.4, 0.5) is 0 Å². The van der Waals surface area contributed by atoms with Crippen molar-refractivity contribution in [2.75, 3.05) is 6.61 Å². The van der Waals surface area contributed by atoms with Crippen molar-refractivity contribution in [3.8, 4) is 17.1 Å². The van der Waals surface area contributed by atoms with Gasteiger partial charge in [0.05, 0.1) is 17.6 Å². The van der Waals surface area contributed by atoms with E-state index in [2.05, 4.69) is 86.0 Å². The van der Waals surface area contributed by atoms with E-state index in [1.165, 1.54) is 22.2 Å². The largest absolute Gasteiger partial charge is 0.493 e. The third-order valence-corrected chi connectivity index (χ3v) is 5.37. The zero-order chi connectivity index (χ0) is 20.2. The van der Waals surface area contributed by atoms with E-state index in [-0.39, 0.29) is 0 Å². The van der Waals surface area contributed by atoms with Crippen LogP contribution >= 0.6 is 0 Å². The summed E-state index contributed by atoms with van der Waals surface area (Å²) in [5.74, 6) is 2.49. The Morgan fingerprint density at radius 3 is 2.45 bits per heavy atom. The summed E-state index contributed by atoms with van der Waals surface area (Å²) < 4.78 is 8.47. The molecule has 0 aliphatic heterocycles. The van der Waals surface area contributed by atoms with Crippen LogP contribution in [-0.4, -0.2) is 16.2 Å². The first-order valence-corrected chi connectivity index (χ1v) is 10.4. The highest BCUT2D eigenvalue weighted by Crippen LogP contribution is 2.28. The van der Waals surface area contributed by atoms with Gasteiger partial charge in [0.2, 0.25) is 0 Å². The predicted octanol–water partition coefficient (Wildman–Crippen LogP) is 6.60. The molecule has 0 fully saturated rings. The number of benzene rings is 3. The van der Waals surface area contributed by atoms with Gasteiger partial charge in [-0.05, 0) is 48.6 Å². The lowest BCUT2D eigenvalue weighted by atomic mass is 10.0. The van der Waals surface area contributed by atoms with Gasteiger partial charge in [-0.3, -0.25) is 0 Å². The molecule has 0 bridgehead atoms. The van der Waals surface area contributed by atoms with Crippen LogP contribution in [0.3, 0.4) is 0 Å². The molecule has 0 N–H and O–H groups in total. The van der Waals surface area contributed by atoms with Crippen LogP contribution in [0, 0.1) is 6.92 Å². The smallest absolute Gasteiger partial charge is 0.141 e. The lowest BCUT2D eigenvalue weighted by Gasteiger charge is -2.15. The SMILES string of the molecule is Cc1ccccc1-c1nc2ccccc2n1CCCOc1ccccc1C(C)C. The summed E-state index contributed by atoms with van der Waals surface area (Å²) in [7, 11) is 0. The van der Waals surface area contributed by atoms with Gasteiger partial charge in [-0.1, -0.05) is 68.4 Å². The molecule has 0 spiro atoms. The van der Waals surface area contributed by atoms with Crippen LogP contribution < -0.4 is 4.74 Å². The molecular weight excluding hydrogens is 356 g/mol. The molecule has 1 heterocycles. The second-order valence-corrected chi connectivity index (χ2v) is 7.79. The standard InChI is InChI=1S/C26H28N2O/c1-19(2)21-12-6-9-16-25(21)29-18-10-17-28-24-15-8-7-14-23(24)27-26(28)22-13-5-4-11-20(22)3/h4-9,11-16,19H,10,17-18H2,1-3H3. The lowest BCUT2D eigenvalue weighted by Crippen LogP contribution is -2.07. The molecular formula is C26H28N2O. The number of rotatable bonds is 7. The number of aromatic nitrogens is 2. The summed E-state index contributed by atoms with van der Waals surface area (Å²) in [5, 5.41) is 0. The van der Waals surface area contributed by atoms with Gasteiger partial charge in [0, 0.05) is 12.1 Å². The van der Waals surface area contributed by atoms with Gasteiger partial charge >= 0.3 is 0 Å². The number of hydrogen-bond acceptors (Lipinski definition) is 2. The highest BCUT2D eigenvalue weighted by molar-refractivity contribution is 5.81. The maximum absolute atomic E-state index is 6.14. The minimum absolute atomic E-state index is 0.455. The van der Waals surface area contributed by atoms with Gasteiger partial charge < -0.3 is 9.30 Å². The Morgan fingerprint density at radius 2 is 1.62 bits per heavy atom. The first kappa shape index (κ1) is 19.3. The van der Waals surface area contributed by atoms with E-state index in [0.29, 0.717) is 12.5 Å². The lowest BCUT2D eigenvalue weighted by molar-refractivity contribution is 0.299. The van der Waals surface area contributed by atoms with Crippen molar-refractivity contribution in [2.24, 2.45) is 0 Å². The van der Waals surface area contributed by atoms with Gasteiger partial charge in [-0.25, -0.2) is 4.98 Å². The summed E-state index contributed by atoms with van der Waals surface area (Å²) >= 11 is 0. The third-order valence-electron chi connectivity index (χ3n) is 5.37. The quantitative estimate of drug-likeness (QED) is 0.335. The summed E-state index contributed by atoms with van der Waals surface area (Å²) in [6, 6.07) is 25.2. The Hall–Kier alpha value is -3.07. The Labute approximate surface area is 173 Å². The fourth-order valence-electron chi connectivity index (χ4n) is 3.82. The first-order valence-electron chi connectivity index (χ1n) is 10.4. The van der Waals surface area contributed by atoms with Crippen molar-refractivity contribution in [1.29, 1.82) is 0 Å². The van der Waals surface area contributed by atoms with E-state index in [4.69, 9.17) is 9.72 Å². The van der Waals surface area contributed by atoms with Crippen molar-refractivity contribution in [1.82, 2.24) is 9.55 Å². The van der Waals surface area contributed by atoms with Crippen molar-refractivity contribution >= 4 is 11.0 Å². The van der Waals surface area contributed by atoms with E-state index in [1.54, 1.807) is 0 Å². The second kappa shape index (κ2) is 8.52. The van der Waals surface area contributed by atoms with E-state index >= 15 is 0 Å². The zero-order valence-corrected chi connectivity index (χ0v) is 17.4. The van der Waals surface area contributed by atoms with E-state index in [9.17, 15) is 0 Å². The van der Waals surface area contributed by atoms with Gasteiger partial charge in [0.25, 0.3) is 0 Å². The number of hydrogen-bond donors (Lipinski definition) is 0. The van der Waals surface area contributed by atoms with Gasteiger partial charge in [-0.15, -0.1) is 0 Å². The van der Waals surface area contributed by atoms with Crippen LogP contribution in [0.15, 0.2) is 72.8 Å². The molecule has 3 aromatic carbocycles.